The molecule has 0 bridgehead atoms. The summed E-state index contributed by atoms with van der Waals surface area (Å²) in [6, 6.07) is 6.41. The van der Waals surface area contributed by atoms with Crippen molar-refractivity contribution in [1.82, 2.24) is 9.13 Å². The number of hydrogen-bond donors (Lipinski definition) is 0. The van der Waals surface area contributed by atoms with Gasteiger partial charge >= 0.3 is 15.8 Å². The first-order chi connectivity index (χ1) is 11.3. The van der Waals surface area contributed by atoms with Crippen LogP contribution in [-0.4, -0.2) is 31.3 Å². The predicted octanol–water partition coefficient (Wildman–Crippen LogP) is 0.0406. The van der Waals surface area contributed by atoms with Gasteiger partial charge in [-0.2, -0.15) is 8.42 Å². The Kier molecular flexibility index (Phi) is 5.25. The van der Waals surface area contributed by atoms with E-state index >= 15 is 0 Å². The van der Waals surface area contributed by atoms with E-state index in [4.69, 9.17) is 8.92 Å². The number of aromatic nitrogens is 2. The number of nitrogens with zero attached hydrogens (tertiary/aromatic N) is 2. The van der Waals surface area contributed by atoms with E-state index in [2.05, 4.69) is 0 Å². The van der Waals surface area contributed by atoms with Crippen molar-refractivity contribution in [3.63, 3.8) is 0 Å². The Morgan fingerprint density at radius 1 is 1.08 bits per heavy atom. The minimum atomic E-state index is -4.35. The number of ether oxygens (including phenoxy) is 1. The number of benzene rings is 1. The van der Waals surface area contributed by atoms with Crippen LogP contribution in [0.1, 0.15) is 5.56 Å². The fraction of sp³-hybridized carbons (Fsp3) is 0.333. The lowest BCUT2D eigenvalue weighted by atomic mass is 10.1. The molecule has 0 aliphatic carbocycles. The summed E-state index contributed by atoms with van der Waals surface area (Å²) < 4.78 is 36.3. The fourth-order valence-electron chi connectivity index (χ4n) is 2.05. The third-order valence-electron chi connectivity index (χ3n) is 3.41. The summed E-state index contributed by atoms with van der Waals surface area (Å²) in [4.78, 5) is 23.1. The third-order valence-corrected chi connectivity index (χ3v) is 4.64. The van der Waals surface area contributed by atoms with E-state index in [0.29, 0.717) is 17.6 Å². The number of methoxy groups -OCH3 is 1. The molecule has 0 amide bonds. The van der Waals surface area contributed by atoms with Gasteiger partial charge in [0.1, 0.15) is 5.75 Å². The summed E-state index contributed by atoms with van der Waals surface area (Å²) >= 11 is 0. The molecule has 2 rings (SSSR count). The van der Waals surface area contributed by atoms with Crippen molar-refractivity contribution in [1.29, 1.82) is 0 Å². The van der Waals surface area contributed by atoms with Gasteiger partial charge in [0, 0.05) is 27.4 Å². The van der Waals surface area contributed by atoms with E-state index < -0.39 is 26.3 Å². The van der Waals surface area contributed by atoms with Crippen LogP contribution in [0.5, 0.6) is 5.75 Å². The van der Waals surface area contributed by atoms with E-state index in [9.17, 15) is 18.0 Å². The van der Waals surface area contributed by atoms with Crippen LogP contribution in [0.4, 0.5) is 0 Å². The molecule has 0 saturated heterocycles. The monoisotopic (exact) mass is 354 g/mol. The average Bonchev–Trinajstić information content (AvgIpc) is 2.55. The van der Waals surface area contributed by atoms with Gasteiger partial charge in [0.15, 0.2) is 4.90 Å². The molecule has 8 nitrogen and oxygen atoms in total. The quantitative estimate of drug-likeness (QED) is 0.680. The zero-order valence-corrected chi connectivity index (χ0v) is 14.4. The van der Waals surface area contributed by atoms with Crippen LogP contribution in [0, 0.1) is 0 Å². The molecule has 0 spiro atoms. The van der Waals surface area contributed by atoms with Crippen LogP contribution in [0.25, 0.3) is 0 Å². The van der Waals surface area contributed by atoms with Crippen molar-refractivity contribution < 1.29 is 17.3 Å². The smallest absolute Gasteiger partial charge is 0.346 e. The summed E-state index contributed by atoms with van der Waals surface area (Å²) in [5, 5.41) is 0. The second-order valence-electron chi connectivity index (χ2n) is 5.18. The van der Waals surface area contributed by atoms with E-state index in [1.54, 1.807) is 19.2 Å². The lowest BCUT2D eigenvalue weighted by Gasteiger charge is -2.09. The van der Waals surface area contributed by atoms with Crippen molar-refractivity contribution in [2.45, 2.75) is 11.3 Å². The Balaban J connectivity index is 2.32. The Hall–Kier alpha value is -2.39. The van der Waals surface area contributed by atoms with Crippen LogP contribution in [0.15, 0.2) is 44.9 Å². The molecule has 1 heterocycles. The largest absolute Gasteiger partial charge is 0.384 e. The normalized spacial score (nSPS) is 11.5. The molecule has 0 radical (unpaired) electrons. The molecule has 0 aliphatic heterocycles. The fourth-order valence-corrected chi connectivity index (χ4v) is 3.14. The molecule has 0 fully saturated rings. The van der Waals surface area contributed by atoms with Gasteiger partial charge in [-0.25, -0.2) is 4.79 Å². The Labute approximate surface area is 139 Å². The first-order valence-electron chi connectivity index (χ1n) is 7.05. The molecule has 0 atom stereocenters. The van der Waals surface area contributed by atoms with Crippen LogP contribution in [0.2, 0.25) is 0 Å². The van der Waals surface area contributed by atoms with Gasteiger partial charge in [0.05, 0.1) is 6.61 Å². The molecular weight excluding hydrogens is 336 g/mol. The number of aryl methyl sites for hydroxylation is 1. The molecule has 0 N–H and O–H groups in total. The zero-order chi connectivity index (χ0) is 17.9. The van der Waals surface area contributed by atoms with Crippen molar-refractivity contribution in [2.75, 3.05) is 13.7 Å². The van der Waals surface area contributed by atoms with Gasteiger partial charge in [-0.15, -0.1) is 0 Å². The van der Waals surface area contributed by atoms with Gasteiger partial charge < -0.3 is 13.5 Å². The first kappa shape index (κ1) is 18.0. The maximum absolute atomic E-state index is 12.3. The van der Waals surface area contributed by atoms with E-state index in [1.807, 2.05) is 0 Å². The van der Waals surface area contributed by atoms with Gasteiger partial charge in [0.2, 0.25) is 0 Å². The maximum atomic E-state index is 12.3. The van der Waals surface area contributed by atoms with Crippen LogP contribution >= 0.6 is 0 Å². The first-order valence-corrected chi connectivity index (χ1v) is 8.46. The molecule has 9 heteroatoms. The summed E-state index contributed by atoms with van der Waals surface area (Å²) in [5.74, 6) is 0.0760. The average molecular weight is 354 g/mol. The van der Waals surface area contributed by atoms with E-state index in [1.165, 1.54) is 26.2 Å². The van der Waals surface area contributed by atoms with Crippen molar-refractivity contribution >= 4 is 10.1 Å². The molecule has 1 aromatic heterocycles. The Morgan fingerprint density at radius 3 is 2.29 bits per heavy atom. The molecule has 2 aromatic rings. The summed E-state index contributed by atoms with van der Waals surface area (Å²) in [6.07, 6.45) is 1.64. The number of rotatable bonds is 6. The second-order valence-corrected chi connectivity index (χ2v) is 6.69. The molecule has 1 aromatic carbocycles. The molecule has 0 unspecified atom stereocenters. The molecule has 0 aliphatic rings. The maximum Gasteiger partial charge on any atom is 0.346 e. The summed E-state index contributed by atoms with van der Waals surface area (Å²) in [5.41, 5.74) is -0.601. The SMILES string of the molecule is COCCc1ccc(OS(=O)(=O)c2cn(C)c(=O)n(C)c2=O)cc1. The Morgan fingerprint density at radius 2 is 1.71 bits per heavy atom. The van der Waals surface area contributed by atoms with Crippen LogP contribution < -0.4 is 15.4 Å². The highest BCUT2D eigenvalue weighted by Crippen LogP contribution is 2.17. The third kappa shape index (κ3) is 3.74. The summed E-state index contributed by atoms with van der Waals surface area (Å²) in [7, 11) is -0.203. The second kappa shape index (κ2) is 7.02. The topological polar surface area (TPSA) is 96.6 Å². The highest BCUT2D eigenvalue weighted by atomic mass is 32.2. The molecular formula is C15H18N2O6S. The van der Waals surface area contributed by atoms with Crippen LogP contribution in [0.3, 0.4) is 0 Å². The zero-order valence-electron chi connectivity index (χ0n) is 13.6. The van der Waals surface area contributed by atoms with Gasteiger partial charge in [-0.1, -0.05) is 12.1 Å². The lowest BCUT2D eigenvalue weighted by Crippen LogP contribution is -2.39. The Bertz CT molecular complexity index is 941. The summed E-state index contributed by atoms with van der Waals surface area (Å²) in [6.45, 7) is 0.548. The van der Waals surface area contributed by atoms with E-state index in [-0.39, 0.29) is 5.75 Å². The lowest BCUT2D eigenvalue weighted by molar-refractivity contribution is 0.202. The van der Waals surface area contributed by atoms with Crippen molar-refractivity contribution in [2.24, 2.45) is 14.1 Å². The molecule has 130 valence electrons. The minimum absolute atomic E-state index is 0.0760. The molecule has 0 saturated carbocycles. The molecule has 24 heavy (non-hydrogen) atoms. The van der Waals surface area contributed by atoms with Gasteiger partial charge in [-0.3, -0.25) is 9.36 Å². The van der Waals surface area contributed by atoms with Crippen molar-refractivity contribution in [3.05, 3.63) is 56.9 Å². The van der Waals surface area contributed by atoms with Crippen LogP contribution in [-0.2, 0) is 35.4 Å². The van der Waals surface area contributed by atoms with E-state index in [0.717, 1.165) is 16.3 Å². The highest BCUT2D eigenvalue weighted by molar-refractivity contribution is 7.87. The highest BCUT2D eigenvalue weighted by Gasteiger charge is 2.23. The minimum Gasteiger partial charge on any atom is -0.384 e. The number of hydrogen-bond acceptors (Lipinski definition) is 6. The predicted molar refractivity (Wildman–Crippen MR) is 86.8 cm³/mol. The van der Waals surface area contributed by atoms with Gasteiger partial charge in [-0.05, 0) is 24.1 Å². The van der Waals surface area contributed by atoms with Crippen molar-refractivity contribution in [3.8, 4) is 5.75 Å². The standard InChI is InChI=1S/C15H18N2O6S/c1-16-10-13(14(18)17(2)15(16)19)24(20,21)23-12-6-4-11(5-7-12)8-9-22-3/h4-7,10H,8-9H2,1-3H3. The van der Waals surface area contributed by atoms with Gasteiger partial charge in [0.25, 0.3) is 5.56 Å².